The van der Waals surface area contributed by atoms with Gasteiger partial charge >= 0.3 is 0 Å². The van der Waals surface area contributed by atoms with Crippen LogP contribution in [0, 0.1) is 5.92 Å². The van der Waals surface area contributed by atoms with Crippen molar-refractivity contribution >= 4 is 5.91 Å². The topological polar surface area (TPSA) is 55.1 Å². The molecular weight excluding hydrogens is 212 g/mol. The van der Waals surface area contributed by atoms with Gasteiger partial charge < -0.3 is 11.1 Å². The summed E-state index contributed by atoms with van der Waals surface area (Å²) in [5.41, 5.74) is 6.45. The third kappa shape index (κ3) is 4.57. The van der Waals surface area contributed by atoms with Crippen molar-refractivity contribution < 1.29 is 4.79 Å². The maximum absolute atomic E-state index is 10.9. The van der Waals surface area contributed by atoms with Gasteiger partial charge in [-0.3, -0.25) is 4.79 Å². The average molecular weight is 234 g/mol. The molecule has 0 saturated carbocycles. The van der Waals surface area contributed by atoms with Crippen molar-refractivity contribution in [3.05, 3.63) is 35.9 Å². The van der Waals surface area contributed by atoms with E-state index in [1.165, 1.54) is 5.56 Å². The van der Waals surface area contributed by atoms with Gasteiger partial charge in [0.15, 0.2) is 0 Å². The third-order valence-corrected chi connectivity index (χ3v) is 2.80. The Kier molecular flexibility index (Phi) is 5.16. The van der Waals surface area contributed by atoms with E-state index in [0.29, 0.717) is 12.3 Å². The van der Waals surface area contributed by atoms with Crippen LogP contribution >= 0.6 is 0 Å². The van der Waals surface area contributed by atoms with E-state index in [4.69, 9.17) is 5.73 Å². The minimum absolute atomic E-state index is 0.0973. The lowest BCUT2D eigenvalue weighted by Gasteiger charge is -2.26. The van der Waals surface area contributed by atoms with Gasteiger partial charge in [-0.25, -0.2) is 0 Å². The predicted molar refractivity (Wildman–Crippen MR) is 70.4 cm³/mol. The largest absolute Gasteiger partial charge is 0.370 e. The van der Waals surface area contributed by atoms with Gasteiger partial charge in [0.05, 0.1) is 0 Å². The van der Waals surface area contributed by atoms with Crippen molar-refractivity contribution in [2.75, 3.05) is 0 Å². The predicted octanol–water partition coefficient (Wildman–Crippen LogP) is 2.24. The Balaban J connectivity index is 2.71. The number of carbonyl (C=O) groups is 1. The summed E-state index contributed by atoms with van der Waals surface area (Å²) in [4.78, 5) is 10.9. The minimum atomic E-state index is -0.263. The van der Waals surface area contributed by atoms with Crippen LogP contribution in [0.1, 0.15) is 38.8 Å². The van der Waals surface area contributed by atoms with Gasteiger partial charge in [0, 0.05) is 18.5 Å². The highest BCUT2D eigenvalue weighted by molar-refractivity contribution is 5.74. The molecule has 0 spiro atoms. The van der Waals surface area contributed by atoms with Gasteiger partial charge in [0.1, 0.15) is 0 Å². The van der Waals surface area contributed by atoms with Crippen molar-refractivity contribution in [3.8, 4) is 0 Å². The van der Waals surface area contributed by atoms with E-state index in [-0.39, 0.29) is 18.0 Å². The Bertz CT molecular complexity index is 348. The molecule has 1 amide bonds. The van der Waals surface area contributed by atoms with E-state index in [1.54, 1.807) is 0 Å². The van der Waals surface area contributed by atoms with Crippen LogP contribution < -0.4 is 11.1 Å². The van der Waals surface area contributed by atoms with Crippen LogP contribution in [0.4, 0.5) is 0 Å². The van der Waals surface area contributed by atoms with Gasteiger partial charge in [0.2, 0.25) is 5.91 Å². The first kappa shape index (κ1) is 13.7. The second kappa shape index (κ2) is 6.40. The van der Waals surface area contributed by atoms with Crippen molar-refractivity contribution in [1.29, 1.82) is 0 Å². The Morgan fingerprint density at radius 3 is 2.29 bits per heavy atom. The minimum Gasteiger partial charge on any atom is -0.370 e. The van der Waals surface area contributed by atoms with Gasteiger partial charge in [-0.2, -0.15) is 0 Å². The van der Waals surface area contributed by atoms with Gasteiger partial charge in [0.25, 0.3) is 0 Å². The third-order valence-electron chi connectivity index (χ3n) is 2.80. The fraction of sp³-hybridized carbons (Fsp3) is 0.500. The maximum Gasteiger partial charge on any atom is 0.218 e. The first-order chi connectivity index (χ1) is 8.00. The van der Waals surface area contributed by atoms with Crippen LogP contribution in [0.3, 0.4) is 0 Å². The highest BCUT2D eigenvalue weighted by Crippen LogP contribution is 2.22. The molecule has 0 radical (unpaired) electrons. The molecule has 0 aliphatic carbocycles. The van der Waals surface area contributed by atoms with Crippen molar-refractivity contribution in [2.45, 2.75) is 39.3 Å². The Hall–Kier alpha value is -1.35. The van der Waals surface area contributed by atoms with Gasteiger partial charge in [-0.1, -0.05) is 44.2 Å². The molecule has 94 valence electrons. The lowest BCUT2D eigenvalue weighted by Crippen LogP contribution is -2.36. The van der Waals surface area contributed by atoms with E-state index in [2.05, 4.69) is 31.3 Å². The summed E-state index contributed by atoms with van der Waals surface area (Å²) in [6.07, 6.45) is 0.371. The first-order valence-electron chi connectivity index (χ1n) is 6.10. The van der Waals surface area contributed by atoms with Gasteiger partial charge in [-0.05, 0) is 18.4 Å². The average Bonchev–Trinajstić information content (AvgIpc) is 2.25. The molecular formula is C14H22N2O. The molecule has 0 saturated heterocycles. The monoisotopic (exact) mass is 234 g/mol. The van der Waals surface area contributed by atoms with Crippen LogP contribution in [-0.4, -0.2) is 11.9 Å². The van der Waals surface area contributed by atoms with Crippen LogP contribution in [0.5, 0.6) is 0 Å². The zero-order valence-corrected chi connectivity index (χ0v) is 10.8. The number of nitrogens with one attached hydrogen (secondary N) is 1. The molecule has 0 unspecified atom stereocenters. The van der Waals surface area contributed by atoms with Gasteiger partial charge in [-0.15, -0.1) is 0 Å². The summed E-state index contributed by atoms with van der Waals surface area (Å²) in [5, 5.41) is 3.46. The van der Waals surface area contributed by atoms with Crippen molar-refractivity contribution in [3.63, 3.8) is 0 Å². The van der Waals surface area contributed by atoms with Crippen LogP contribution in [-0.2, 0) is 4.79 Å². The van der Waals surface area contributed by atoms with E-state index in [1.807, 2.05) is 25.1 Å². The molecule has 0 aromatic heterocycles. The molecule has 1 rings (SSSR count). The maximum atomic E-state index is 10.9. The standard InChI is InChI=1S/C14H22N2O/c1-10(2)14(12-7-5-4-6-8-12)16-11(3)9-13(15)17/h4-8,10-11,14,16H,9H2,1-3H3,(H2,15,17)/t11-,14-/m0/s1. The summed E-state index contributed by atoms with van der Waals surface area (Å²) in [7, 11) is 0. The Morgan fingerprint density at radius 1 is 1.24 bits per heavy atom. The van der Waals surface area contributed by atoms with E-state index in [0.717, 1.165) is 0 Å². The molecule has 0 fully saturated rings. The molecule has 1 aromatic rings. The second-order valence-corrected chi connectivity index (χ2v) is 4.87. The number of rotatable bonds is 6. The number of benzene rings is 1. The Labute approximate surface area is 103 Å². The molecule has 3 heteroatoms. The number of nitrogens with two attached hydrogens (primary N) is 1. The fourth-order valence-electron chi connectivity index (χ4n) is 2.00. The molecule has 0 aliphatic heterocycles. The van der Waals surface area contributed by atoms with Crippen LogP contribution in [0.25, 0.3) is 0 Å². The number of primary amides is 1. The molecule has 3 N–H and O–H groups in total. The number of amides is 1. The number of hydrogen-bond acceptors (Lipinski definition) is 2. The molecule has 2 atom stereocenters. The van der Waals surface area contributed by atoms with E-state index >= 15 is 0 Å². The number of hydrogen-bond donors (Lipinski definition) is 2. The van der Waals surface area contributed by atoms with E-state index < -0.39 is 0 Å². The van der Waals surface area contributed by atoms with Crippen molar-refractivity contribution in [1.82, 2.24) is 5.32 Å². The summed E-state index contributed by atoms with van der Waals surface area (Å²) >= 11 is 0. The zero-order valence-electron chi connectivity index (χ0n) is 10.8. The lowest BCUT2D eigenvalue weighted by molar-refractivity contribution is -0.118. The smallest absolute Gasteiger partial charge is 0.218 e. The molecule has 0 aliphatic rings. The SMILES string of the molecule is CC(C)[C@H](N[C@@H](C)CC(N)=O)c1ccccc1. The highest BCUT2D eigenvalue weighted by atomic mass is 16.1. The van der Waals surface area contributed by atoms with Crippen LogP contribution in [0.15, 0.2) is 30.3 Å². The highest BCUT2D eigenvalue weighted by Gasteiger charge is 2.18. The molecule has 3 nitrogen and oxygen atoms in total. The molecule has 17 heavy (non-hydrogen) atoms. The zero-order chi connectivity index (χ0) is 12.8. The molecule has 0 heterocycles. The summed E-state index contributed by atoms with van der Waals surface area (Å²) in [6.45, 7) is 6.33. The summed E-state index contributed by atoms with van der Waals surface area (Å²) in [6, 6.07) is 10.6. The quantitative estimate of drug-likeness (QED) is 0.793. The van der Waals surface area contributed by atoms with Crippen molar-refractivity contribution in [2.24, 2.45) is 11.7 Å². The summed E-state index contributed by atoms with van der Waals surface area (Å²) in [5.74, 6) is 0.202. The number of carbonyl (C=O) groups excluding carboxylic acids is 1. The molecule has 0 bridgehead atoms. The fourth-order valence-corrected chi connectivity index (χ4v) is 2.00. The van der Waals surface area contributed by atoms with E-state index in [9.17, 15) is 4.79 Å². The second-order valence-electron chi connectivity index (χ2n) is 4.87. The first-order valence-corrected chi connectivity index (χ1v) is 6.10. The van der Waals surface area contributed by atoms with Crippen LogP contribution in [0.2, 0.25) is 0 Å². The summed E-state index contributed by atoms with van der Waals surface area (Å²) < 4.78 is 0. The lowest BCUT2D eigenvalue weighted by atomic mass is 9.95. The Morgan fingerprint density at radius 2 is 1.82 bits per heavy atom. The normalized spacial score (nSPS) is 14.6. The molecule has 1 aromatic carbocycles.